The van der Waals surface area contributed by atoms with Crippen molar-refractivity contribution in [1.29, 1.82) is 5.26 Å². The number of nitriles is 1. The SMILES string of the molecule is CC1CN(Cc2ccccc2)CCC1N(C)c1cccc(C#N)n1. The van der Waals surface area contributed by atoms with Gasteiger partial charge in [0, 0.05) is 32.7 Å². The molecule has 1 fully saturated rings. The van der Waals surface area contributed by atoms with Gasteiger partial charge in [-0.1, -0.05) is 43.3 Å². The molecule has 0 spiro atoms. The third-order valence-electron chi connectivity index (χ3n) is 4.90. The standard InChI is InChI=1S/C20H24N4/c1-16-14-24(15-17-7-4-3-5-8-17)12-11-19(16)23(2)20-10-6-9-18(13-21)22-20/h3-10,16,19H,11-12,14-15H2,1-2H3. The number of hydrogen-bond acceptors (Lipinski definition) is 4. The summed E-state index contributed by atoms with van der Waals surface area (Å²) in [5, 5.41) is 9.04. The Kier molecular flexibility index (Phi) is 5.12. The van der Waals surface area contributed by atoms with Crippen molar-refractivity contribution in [3.8, 4) is 6.07 Å². The quantitative estimate of drug-likeness (QED) is 0.867. The maximum absolute atomic E-state index is 9.04. The Balaban J connectivity index is 1.64. The molecule has 1 saturated heterocycles. The molecule has 0 saturated carbocycles. The first-order valence-electron chi connectivity index (χ1n) is 8.53. The molecule has 0 amide bonds. The van der Waals surface area contributed by atoms with Crippen LogP contribution in [0.5, 0.6) is 0 Å². The highest BCUT2D eigenvalue weighted by Gasteiger charge is 2.29. The molecule has 1 aromatic heterocycles. The van der Waals surface area contributed by atoms with Crippen LogP contribution in [-0.4, -0.2) is 36.1 Å². The molecule has 1 aromatic carbocycles. The normalized spacial score (nSPS) is 21.2. The zero-order valence-corrected chi connectivity index (χ0v) is 14.4. The van der Waals surface area contributed by atoms with Crippen LogP contribution in [0.25, 0.3) is 0 Å². The highest BCUT2D eigenvalue weighted by molar-refractivity contribution is 5.42. The molecule has 2 unspecified atom stereocenters. The van der Waals surface area contributed by atoms with E-state index in [1.807, 2.05) is 12.1 Å². The summed E-state index contributed by atoms with van der Waals surface area (Å²) in [5.74, 6) is 1.45. The van der Waals surface area contributed by atoms with Crippen molar-refractivity contribution in [3.05, 3.63) is 59.8 Å². The molecule has 3 rings (SSSR count). The van der Waals surface area contributed by atoms with Crippen molar-refractivity contribution in [2.45, 2.75) is 25.9 Å². The molecule has 0 N–H and O–H groups in total. The van der Waals surface area contributed by atoms with Crippen LogP contribution in [0.4, 0.5) is 5.82 Å². The minimum absolute atomic E-state index is 0.457. The molecular formula is C20H24N4. The van der Waals surface area contributed by atoms with Crippen molar-refractivity contribution < 1.29 is 0 Å². The largest absolute Gasteiger partial charge is 0.356 e. The van der Waals surface area contributed by atoms with Gasteiger partial charge < -0.3 is 4.90 Å². The number of benzene rings is 1. The molecule has 1 aliphatic rings. The lowest BCUT2D eigenvalue weighted by Crippen LogP contribution is -2.49. The first-order valence-corrected chi connectivity index (χ1v) is 8.53. The molecular weight excluding hydrogens is 296 g/mol. The lowest BCUT2D eigenvalue weighted by atomic mass is 9.92. The average Bonchev–Trinajstić information content (AvgIpc) is 2.62. The third-order valence-corrected chi connectivity index (χ3v) is 4.90. The smallest absolute Gasteiger partial charge is 0.142 e. The molecule has 2 aromatic rings. The summed E-state index contributed by atoms with van der Waals surface area (Å²) < 4.78 is 0. The van der Waals surface area contributed by atoms with Crippen LogP contribution in [0, 0.1) is 17.2 Å². The molecule has 124 valence electrons. The van der Waals surface area contributed by atoms with Gasteiger partial charge in [-0.3, -0.25) is 4.90 Å². The zero-order valence-electron chi connectivity index (χ0n) is 14.4. The van der Waals surface area contributed by atoms with E-state index in [0.717, 1.165) is 31.9 Å². The highest BCUT2D eigenvalue weighted by Crippen LogP contribution is 2.25. The summed E-state index contributed by atoms with van der Waals surface area (Å²) in [7, 11) is 2.09. The number of aromatic nitrogens is 1. The molecule has 4 nitrogen and oxygen atoms in total. The van der Waals surface area contributed by atoms with Crippen molar-refractivity contribution in [3.63, 3.8) is 0 Å². The minimum Gasteiger partial charge on any atom is -0.356 e. The van der Waals surface area contributed by atoms with Gasteiger partial charge in [-0.2, -0.15) is 5.26 Å². The number of pyridine rings is 1. The van der Waals surface area contributed by atoms with Crippen LogP contribution >= 0.6 is 0 Å². The second-order valence-corrected chi connectivity index (χ2v) is 6.66. The summed E-state index contributed by atoms with van der Waals surface area (Å²) >= 11 is 0. The van der Waals surface area contributed by atoms with Crippen LogP contribution in [0.15, 0.2) is 48.5 Å². The molecule has 1 aliphatic heterocycles. The van der Waals surface area contributed by atoms with Crippen molar-refractivity contribution >= 4 is 5.82 Å². The van der Waals surface area contributed by atoms with E-state index in [2.05, 4.69) is 65.2 Å². The Morgan fingerprint density at radius 3 is 2.71 bits per heavy atom. The lowest BCUT2D eigenvalue weighted by molar-refractivity contribution is 0.155. The summed E-state index contributed by atoms with van der Waals surface area (Å²) in [5.41, 5.74) is 1.86. The molecule has 0 radical (unpaired) electrons. The van der Waals surface area contributed by atoms with Crippen LogP contribution in [0.3, 0.4) is 0 Å². The van der Waals surface area contributed by atoms with E-state index in [1.54, 1.807) is 6.07 Å². The number of rotatable bonds is 4. The van der Waals surface area contributed by atoms with Crippen molar-refractivity contribution in [2.75, 3.05) is 25.0 Å². The molecule has 0 aliphatic carbocycles. The lowest BCUT2D eigenvalue weighted by Gasteiger charge is -2.41. The van der Waals surface area contributed by atoms with E-state index in [9.17, 15) is 0 Å². The van der Waals surface area contributed by atoms with Gasteiger partial charge in [-0.15, -0.1) is 0 Å². The second-order valence-electron chi connectivity index (χ2n) is 6.66. The maximum atomic E-state index is 9.04. The monoisotopic (exact) mass is 320 g/mol. The Labute approximate surface area is 144 Å². The van der Waals surface area contributed by atoms with Gasteiger partial charge in [-0.05, 0) is 30.0 Å². The zero-order chi connectivity index (χ0) is 16.9. The fourth-order valence-corrected chi connectivity index (χ4v) is 3.63. The second kappa shape index (κ2) is 7.46. The molecule has 0 bridgehead atoms. The molecule has 2 atom stereocenters. The Hall–Kier alpha value is -2.38. The number of anilines is 1. The average molecular weight is 320 g/mol. The maximum Gasteiger partial charge on any atom is 0.142 e. The fraction of sp³-hybridized carbons (Fsp3) is 0.400. The predicted molar refractivity (Wildman–Crippen MR) is 96.6 cm³/mol. The summed E-state index contributed by atoms with van der Waals surface area (Å²) in [6.07, 6.45) is 1.11. The van der Waals surface area contributed by atoms with E-state index in [4.69, 9.17) is 5.26 Å². The van der Waals surface area contributed by atoms with Crippen molar-refractivity contribution in [1.82, 2.24) is 9.88 Å². The van der Waals surface area contributed by atoms with Crippen LogP contribution < -0.4 is 4.90 Å². The minimum atomic E-state index is 0.457. The van der Waals surface area contributed by atoms with Gasteiger partial charge in [0.15, 0.2) is 0 Å². The van der Waals surface area contributed by atoms with E-state index in [0.29, 0.717) is 17.7 Å². The Morgan fingerprint density at radius 1 is 1.21 bits per heavy atom. The first kappa shape index (κ1) is 16.5. The van der Waals surface area contributed by atoms with Gasteiger partial charge >= 0.3 is 0 Å². The van der Waals surface area contributed by atoms with Gasteiger partial charge in [-0.25, -0.2) is 4.98 Å². The summed E-state index contributed by atoms with van der Waals surface area (Å²) in [6, 6.07) is 18.9. The molecule has 24 heavy (non-hydrogen) atoms. The van der Waals surface area contributed by atoms with Gasteiger partial charge in [0.2, 0.25) is 0 Å². The van der Waals surface area contributed by atoms with Crippen LogP contribution in [0.1, 0.15) is 24.6 Å². The van der Waals surface area contributed by atoms with Gasteiger partial charge in [0.25, 0.3) is 0 Å². The number of nitrogens with zero attached hydrogens (tertiary/aromatic N) is 4. The predicted octanol–water partition coefficient (Wildman–Crippen LogP) is 3.30. The van der Waals surface area contributed by atoms with Gasteiger partial charge in [0.05, 0.1) is 0 Å². The Bertz CT molecular complexity index is 707. The topological polar surface area (TPSA) is 43.2 Å². The molecule has 4 heteroatoms. The number of hydrogen-bond donors (Lipinski definition) is 0. The third kappa shape index (κ3) is 3.74. The highest BCUT2D eigenvalue weighted by atomic mass is 15.2. The van der Waals surface area contributed by atoms with E-state index >= 15 is 0 Å². The number of likely N-dealkylation sites (tertiary alicyclic amines) is 1. The van der Waals surface area contributed by atoms with E-state index in [-0.39, 0.29) is 0 Å². The van der Waals surface area contributed by atoms with Crippen molar-refractivity contribution in [2.24, 2.45) is 5.92 Å². The molecule has 2 heterocycles. The van der Waals surface area contributed by atoms with Crippen LogP contribution in [0.2, 0.25) is 0 Å². The van der Waals surface area contributed by atoms with Crippen LogP contribution in [-0.2, 0) is 6.54 Å². The fourth-order valence-electron chi connectivity index (χ4n) is 3.63. The van der Waals surface area contributed by atoms with E-state index < -0.39 is 0 Å². The van der Waals surface area contributed by atoms with Gasteiger partial charge in [0.1, 0.15) is 17.6 Å². The Morgan fingerprint density at radius 2 is 2.00 bits per heavy atom. The summed E-state index contributed by atoms with van der Waals surface area (Å²) in [6.45, 7) is 5.50. The summed E-state index contributed by atoms with van der Waals surface area (Å²) in [4.78, 5) is 9.21. The van der Waals surface area contributed by atoms with E-state index in [1.165, 1.54) is 5.56 Å². The number of piperidine rings is 1. The first-order chi connectivity index (χ1) is 11.7.